The Morgan fingerprint density at radius 3 is 2.73 bits per heavy atom. The van der Waals surface area contributed by atoms with E-state index in [-0.39, 0.29) is 5.75 Å². The number of nitrogens with one attached hydrogen (secondary N) is 1. The number of allylic oxidation sites excluding steroid dienone is 1. The molecule has 0 aliphatic rings. The Bertz CT molecular complexity index is 733. The van der Waals surface area contributed by atoms with Crippen molar-refractivity contribution in [1.82, 2.24) is 9.71 Å². The number of nitrogens with zero attached hydrogens (tertiary/aromatic N) is 1. The molecule has 0 aliphatic heterocycles. The topological polar surface area (TPSA) is 59.1 Å². The summed E-state index contributed by atoms with van der Waals surface area (Å²) >= 11 is 0. The van der Waals surface area contributed by atoms with Crippen molar-refractivity contribution in [2.45, 2.75) is 12.5 Å². The fraction of sp³-hybridized carbons (Fsp3) is 0.188. The normalized spacial score (nSPS) is 12.8. The van der Waals surface area contributed by atoms with Crippen molar-refractivity contribution in [2.24, 2.45) is 0 Å². The zero-order chi connectivity index (χ0) is 16.0. The van der Waals surface area contributed by atoms with Gasteiger partial charge in [-0.05, 0) is 36.2 Å². The Morgan fingerprint density at radius 2 is 2.09 bits per heavy atom. The molecule has 0 saturated heterocycles. The van der Waals surface area contributed by atoms with Gasteiger partial charge >= 0.3 is 0 Å². The fourth-order valence-corrected chi connectivity index (χ4v) is 3.22. The summed E-state index contributed by atoms with van der Waals surface area (Å²) in [4.78, 5) is 4.18. The number of hydrogen-bond acceptors (Lipinski definition) is 3. The predicted molar refractivity (Wildman–Crippen MR) is 84.2 cm³/mol. The molecule has 1 heterocycles. The van der Waals surface area contributed by atoms with E-state index in [4.69, 9.17) is 0 Å². The molecule has 2 aromatic rings. The minimum atomic E-state index is -3.54. The third-order valence-corrected chi connectivity index (χ3v) is 4.42. The number of aromatic nitrogens is 1. The van der Waals surface area contributed by atoms with Crippen LogP contribution in [0.1, 0.15) is 23.7 Å². The van der Waals surface area contributed by atoms with Crippen LogP contribution in [0.15, 0.2) is 61.3 Å². The lowest BCUT2D eigenvalue weighted by atomic mass is 10.0. The highest BCUT2D eigenvalue weighted by atomic mass is 32.2. The molecule has 0 bridgehead atoms. The minimum absolute atomic E-state index is 0.0743. The van der Waals surface area contributed by atoms with E-state index < -0.39 is 21.9 Å². The van der Waals surface area contributed by atoms with Gasteiger partial charge in [0.25, 0.3) is 0 Å². The molecule has 1 atom stereocenters. The van der Waals surface area contributed by atoms with E-state index in [0.29, 0.717) is 17.7 Å². The van der Waals surface area contributed by atoms with Gasteiger partial charge in [-0.1, -0.05) is 24.3 Å². The van der Waals surface area contributed by atoms with E-state index in [2.05, 4.69) is 16.3 Å². The van der Waals surface area contributed by atoms with Crippen molar-refractivity contribution in [1.29, 1.82) is 0 Å². The molecule has 0 spiro atoms. The molecule has 4 nitrogen and oxygen atoms in total. The Balaban J connectivity index is 2.37. The van der Waals surface area contributed by atoms with Gasteiger partial charge in [0.15, 0.2) is 0 Å². The summed E-state index contributed by atoms with van der Waals surface area (Å²) in [6, 6.07) is 10.3. The molecular weight excluding hydrogens is 303 g/mol. The number of halogens is 1. The smallest absolute Gasteiger partial charge is 0.212 e. The fourth-order valence-electron chi connectivity index (χ4n) is 2.01. The summed E-state index contributed by atoms with van der Waals surface area (Å²) in [5, 5.41) is 0. The monoisotopic (exact) mass is 320 g/mol. The van der Waals surface area contributed by atoms with Gasteiger partial charge in [-0.3, -0.25) is 4.98 Å². The molecule has 0 amide bonds. The molecular formula is C16H17FN2O2S. The lowest BCUT2D eigenvalue weighted by Gasteiger charge is -2.18. The first-order valence-electron chi connectivity index (χ1n) is 6.79. The minimum Gasteiger partial charge on any atom is -0.259 e. The molecule has 1 N–H and O–H groups in total. The van der Waals surface area contributed by atoms with Crippen LogP contribution in [-0.2, 0) is 10.0 Å². The lowest BCUT2D eigenvalue weighted by molar-refractivity contribution is 0.567. The zero-order valence-corrected chi connectivity index (χ0v) is 12.8. The molecule has 0 fully saturated rings. The van der Waals surface area contributed by atoms with Crippen LogP contribution in [0.25, 0.3) is 0 Å². The van der Waals surface area contributed by atoms with Gasteiger partial charge in [0.2, 0.25) is 10.0 Å². The predicted octanol–water partition coefficient (Wildman–Crippen LogP) is 2.81. The van der Waals surface area contributed by atoms with Crippen molar-refractivity contribution < 1.29 is 12.8 Å². The maximum Gasteiger partial charge on any atom is 0.212 e. The maximum atomic E-state index is 13.5. The van der Waals surface area contributed by atoms with Crippen LogP contribution in [0.2, 0.25) is 0 Å². The van der Waals surface area contributed by atoms with Crippen molar-refractivity contribution >= 4 is 10.0 Å². The SMILES string of the molecule is C=CCCS(=O)(=O)N[C@@H](c1cccc(F)c1)c1ccccn1. The summed E-state index contributed by atoms with van der Waals surface area (Å²) in [5.74, 6) is -0.501. The summed E-state index contributed by atoms with van der Waals surface area (Å²) in [6.07, 6.45) is 3.45. The van der Waals surface area contributed by atoms with Crippen molar-refractivity contribution in [2.75, 3.05) is 5.75 Å². The second kappa shape index (κ2) is 7.29. The van der Waals surface area contributed by atoms with E-state index >= 15 is 0 Å². The highest BCUT2D eigenvalue weighted by molar-refractivity contribution is 7.89. The van der Waals surface area contributed by atoms with E-state index in [1.807, 2.05) is 0 Å². The van der Waals surface area contributed by atoms with Crippen LogP contribution in [0.3, 0.4) is 0 Å². The van der Waals surface area contributed by atoms with E-state index in [1.165, 1.54) is 18.2 Å². The molecule has 0 saturated carbocycles. The quantitative estimate of drug-likeness (QED) is 0.798. The van der Waals surface area contributed by atoms with Gasteiger partial charge in [-0.2, -0.15) is 0 Å². The third kappa shape index (κ3) is 4.47. The molecule has 22 heavy (non-hydrogen) atoms. The molecule has 2 rings (SSSR count). The second-order valence-corrected chi connectivity index (χ2v) is 6.63. The first kappa shape index (κ1) is 16.3. The second-order valence-electron chi connectivity index (χ2n) is 4.76. The molecule has 1 aromatic heterocycles. The zero-order valence-electron chi connectivity index (χ0n) is 11.9. The first-order chi connectivity index (χ1) is 10.5. The summed E-state index contributed by atoms with van der Waals surface area (Å²) in [5.41, 5.74) is 1.01. The van der Waals surface area contributed by atoms with Gasteiger partial charge in [-0.25, -0.2) is 17.5 Å². The van der Waals surface area contributed by atoms with Crippen LogP contribution in [0, 0.1) is 5.82 Å². The molecule has 1 aromatic carbocycles. The Kier molecular flexibility index (Phi) is 5.41. The maximum absolute atomic E-state index is 13.5. The highest BCUT2D eigenvalue weighted by Crippen LogP contribution is 2.22. The van der Waals surface area contributed by atoms with E-state index in [0.717, 1.165) is 0 Å². The van der Waals surface area contributed by atoms with Crippen LogP contribution < -0.4 is 4.72 Å². The molecule has 0 aliphatic carbocycles. The molecule has 116 valence electrons. The van der Waals surface area contributed by atoms with Crippen LogP contribution in [-0.4, -0.2) is 19.2 Å². The largest absolute Gasteiger partial charge is 0.259 e. The number of pyridine rings is 1. The van der Waals surface area contributed by atoms with Crippen molar-refractivity contribution in [3.63, 3.8) is 0 Å². The molecule has 6 heteroatoms. The van der Waals surface area contributed by atoms with Crippen molar-refractivity contribution in [3.8, 4) is 0 Å². The van der Waals surface area contributed by atoms with Gasteiger partial charge in [0, 0.05) is 6.20 Å². The number of sulfonamides is 1. The van der Waals surface area contributed by atoms with Crippen LogP contribution in [0.5, 0.6) is 0 Å². The van der Waals surface area contributed by atoms with Gasteiger partial charge in [-0.15, -0.1) is 6.58 Å². The highest BCUT2D eigenvalue weighted by Gasteiger charge is 2.22. The molecule has 0 unspecified atom stereocenters. The van der Waals surface area contributed by atoms with Crippen molar-refractivity contribution in [3.05, 3.63) is 78.4 Å². The first-order valence-corrected chi connectivity index (χ1v) is 8.44. The third-order valence-electron chi connectivity index (χ3n) is 3.05. The Hall–Kier alpha value is -2.05. The van der Waals surface area contributed by atoms with Gasteiger partial charge < -0.3 is 0 Å². The standard InChI is InChI=1S/C16H17FN2O2S/c1-2-3-11-22(20,21)19-16(15-9-4-5-10-18-15)13-7-6-8-14(17)12-13/h2,4-10,12,16,19H,1,3,11H2/t16-/m0/s1. The van der Waals surface area contributed by atoms with Gasteiger partial charge in [0.1, 0.15) is 5.82 Å². The summed E-state index contributed by atoms with van der Waals surface area (Å²) < 4.78 is 40.4. The summed E-state index contributed by atoms with van der Waals surface area (Å²) in [6.45, 7) is 3.52. The average molecular weight is 320 g/mol. The van der Waals surface area contributed by atoms with E-state index in [1.54, 1.807) is 36.5 Å². The average Bonchev–Trinajstić information content (AvgIpc) is 2.52. The Labute approximate surface area is 129 Å². The van der Waals surface area contributed by atoms with Crippen LogP contribution >= 0.6 is 0 Å². The number of benzene rings is 1. The number of hydrogen-bond donors (Lipinski definition) is 1. The Morgan fingerprint density at radius 1 is 1.27 bits per heavy atom. The summed E-state index contributed by atoms with van der Waals surface area (Å²) in [7, 11) is -3.54. The van der Waals surface area contributed by atoms with Gasteiger partial charge in [0.05, 0.1) is 17.5 Å². The lowest BCUT2D eigenvalue weighted by Crippen LogP contribution is -2.31. The number of rotatable bonds is 7. The molecule has 0 radical (unpaired) electrons. The van der Waals surface area contributed by atoms with E-state index in [9.17, 15) is 12.8 Å². The van der Waals surface area contributed by atoms with Crippen LogP contribution in [0.4, 0.5) is 4.39 Å².